The van der Waals surface area contributed by atoms with Crippen LogP contribution in [0.3, 0.4) is 0 Å². The lowest BCUT2D eigenvalue weighted by Crippen LogP contribution is -2.43. The molecule has 1 saturated heterocycles. The first-order valence-electron chi connectivity index (χ1n) is 5.52. The number of benzene rings is 1. The SMILES string of the molecule is COc1cc(Cl)cc(C)c1N1CCNCC1. The van der Waals surface area contributed by atoms with Crippen molar-refractivity contribution in [3.63, 3.8) is 0 Å². The van der Waals surface area contributed by atoms with Crippen LogP contribution in [-0.4, -0.2) is 33.3 Å². The molecule has 1 aliphatic heterocycles. The Hall–Kier alpha value is -0.930. The number of hydrogen-bond acceptors (Lipinski definition) is 3. The predicted octanol–water partition coefficient (Wildman–Crippen LogP) is 2.07. The third kappa shape index (κ3) is 2.25. The first kappa shape index (κ1) is 11.6. The Morgan fingerprint density at radius 1 is 1.31 bits per heavy atom. The van der Waals surface area contributed by atoms with Gasteiger partial charge in [-0.3, -0.25) is 0 Å². The average molecular weight is 241 g/mol. The maximum absolute atomic E-state index is 6.03. The maximum atomic E-state index is 6.03. The van der Waals surface area contributed by atoms with Gasteiger partial charge < -0.3 is 15.0 Å². The largest absolute Gasteiger partial charge is 0.495 e. The van der Waals surface area contributed by atoms with E-state index in [2.05, 4.69) is 17.1 Å². The van der Waals surface area contributed by atoms with E-state index in [9.17, 15) is 0 Å². The molecule has 0 unspecified atom stereocenters. The van der Waals surface area contributed by atoms with Crippen LogP contribution >= 0.6 is 11.6 Å². The van der Waals surface area contributed by atoms with Gasteiger partial charge in [-0.15, -0.1) is 0 Å². The molecule has 0 saturated carbocycles. The molecule has 1 aliphatic rings. The zero-order valence-corrected chi connectivity index (χ0v) is 10.5. The van der Waals surface area contributed by atoms with Crippen LogP contribution in [-0.2, 0) is 0 Å². The third-order valence-corrected chi connectivity index (χ3v) is 3.10. The summed E-state index contributed by atoms with van der Waals surface area (Å²) in [7, 11) is 1.69. The van der Waals surface area contributed by atoms with Gasteiger partial charge in [0.25, 0.3) is 0 Å². The van der Waals surface area contributed by atoms with Crippen LogP contribution in [0.1, 0.15) is 5.56 Å². The second-order valence-electron chi connectivity index (χ2n) is 4.01. The Morgan fingerprint density at radius 2 is 2.00 bits per heavy atom. The second-order valence-corrected chi connectivity index (χ2v) is 4.45. The molecule has 1 aromatic carbocycles. The minimum Gasteiger partial charge on any atom is -0.495 e. The van der Waals surface area contributed by atoms with Gasteiger partial charge >= 0.3 is 0 Å². The van der Waals surface area contributed by atoms with Crippen molar-refractivity contribution in [3.05, 3.63) is 22.7 Å². The molecule has 0 atom stereocenters. The van der Waals surface area contributed by atoms with Crippen LogP contribution in [0.5, 0.6) is 5.75 Å². The van der Waals surface area contributed by atoms with Gasteiger partial charge in [-0.25, -0.2) is 0 Å². The summed E-state index contributed by atoms with van der Waals surface area (Å²) in [5, 5.41) is 4.07. The van der Waals surface area contributed by atoms with E-state index in [4.69, 9.17) is 16.3 Å². The number of anilines is 1. The van der Waals surface area contributed by atoms with Gasteiger partial charge in [0, 0.05) is 37.3 Å². The van der Waals surface area contributed by atoms with E-state index in [0.717, 1.165) is 37.0 Å². The van der Waals surface area contributed by atoms with E-state index < -0.39 is 0 Å². The summed E-state index contributed by atoms with van der Waals surface area (Å²) >= 11 is 6.03. The van der Waals surface area contributed by atoms with Gasteiger partial charge in [-0.1, -0.05) is 11.6 Å². The fourth-order valence-corrected chi connectivity index (χ4v) is 2.42. The zero-order chi connectivity index (χ0) is 11.5. The summed E-state index contributed by atoms with van der Waals surface area (Å²) in [6.07, 6.45) is 0. The molecule has 16 heavy (non-hydrogen) atoms. The Bertz CT molecular complexity index is 376. The standard InChI is InChI=1S/C12H17ClN2O/c1-9-7-10(13)8-11(16-2)12(9)15-5-3-14-4-6-15/h7-8,14H,3-6H2,1-2H3. The van der Waals surface area contributed by atoms with E-state index in [1.807, 2.05) is 12.1 Å². The van der Waals surface area contributed by atoms with Gasteiger partial charge in [-0.05, 0) is 18.6 Å². The van der Waals surface area contributed by atoms with Crippen LogP contribution in [0, 0.1) is 6.92 Å². The number of hydrogen-bond donors (Lipinski definition) is 1. The normalized spacial score (nSPS) is 16.3. The lowest BCUT2D eigenvalue weighted by Gasteiger charge is -2.32. The minimum absolute atomic E-state index is 0.730. The molecule has 1 heterocycles. The summed E-state index contributed by atoms with van der Waals surface area (Å²) in [6, 6.07) is 3.87. The Labute approximate surface area is 101 Å². The van der Waals surface area contributed by atoms with Crippen molar-refractivity contribution in [1.29, 1.82) is 0 Å². The topological polar surface area (TPSA) is 24.5 Å². The second kappa shape index (κ2) is 4.93. The highest BCUT2D eigenvalue weighted by molar-refractivity contribution is 6.31. The molecule has 88 valence electrons. The number of ether oxygens (including phenoxy) is 1. The lowest BCUT2D eigenvalue weighted by molar-refractivity contribution is 0.412. The van der Waals surface area contributed by atoms with Gasteiger partial charge in [0.15, 0.2) is 0 Å². The van der Waals surface area contributed by atoms with Gasteiger partial charge in [0.1, 0.15) is 5.75 Å². The summed E-state index contributed by atoms with van der Waals surface area (Å²) in [6.45, 7) is 6.14. The molecular weight excluding hydrogens is 224 g/mol. The van der Waals surface area contributed by atoms with Gasteiger partial charge in [0.2, 0.25) is 0 Å². The number of piperazine rings is 1. The molecule has 0 amide bonds. The highest BCUT2D eigenvalue weighted by Crippen LogP contribution is 2.35. The minimum atomic E-state index is 0.730. The van der Waals surface area contributed by atoms with Gasteiger partial charge in [0.05, 0.1) is 12.8 Å². The van der Waals surface area contributed by atoms with E-state index in [-0.39, 0.29) is 0 Å². The van der Waals surface area contributed by atoms with Crippen molar-refractivity contribution >= 4 is 17.3 Å². The van der Waals surface area contributed by atoms with Crippen molar-refractivity contribution < 1.29 is 4.74 Å². The van der Waals surface area contributed by atoms with Crippen molar-refractivity contribution in [2.45, 2.75) is 6.92 Å². The van der Waals surface area contributed by atoms with E-state index >= 15 is 0 Å². The molecule has 0 aliphatic carbocycles. The third-order valence-electron chi connectivity index (χ3n) is 2.88. The summed E-state index contributed by atoms with van der Waals surface area (Å²) in [5.41, 5.74) is 2.35. The van der Waals surface area contributed by atoms with Crippen molar-refractivity contribution in [3.8, 4) is 5.75 Å². The molecule has 2 rings (SSSR count). The molecule has 0 aromatic heterocycles. The van der Waals surface area contributed by atoms with Crippen LogP contribution in [0.2, 0.25) is 5.02 Å². The number of rotatable bonds is 2. The van der Waals surface area contributed by atoms with E-state index in [1.165, 1.54) is 11.3 Å². The van der Waals surface area contributed by atoms with Crippen LogP contribution in [0.4, 0.5) is 5.69 Å². The lowest BCUT2D eigenvalue weighted by atomic mass is 10.1. The highest BCUT2D eigenvalue weighted by Gasteiger charge is 2.17. The smallest absolute Gasteiger partial charge is 0.143 e. The predicted molar refractivity (Wildman–Crippen MR) is 67.8 cm³/mol. The first-order valence-corrected chi connectivity index (χ1v) is 5.90. The van der Waals surface area contributed by atoms with Crippen molar-refractivity contribution in [2.24, 2.45) is 0 Å². The number of aryl methyl sites for hydroxylation is 1. The molecule has 1 fully saturated rings. The molecule has 0 radical (unpaired) electrons. The fraction of sp³-hybridized carbons (Fsp3) is 0.500. The molecule has 1 aromatic rings. The number of nitrogens with one attached hydrogen (secondary N) is 1. The van der Waals surface area contributed by atoms with Crippen LogP contribution in [0.25, 0.3) is 0 Å². The number of halogens is 1. The summed E-state index contributed by atoms with van der Waals surface area (Å²) < 4.78 is 5.41. The van der Waals surface area contributed by atoms with Crippen LogP contribution < -0.4 is 15.0 Å². The monoisotopic (exact) mass is 240 g/mol. The molecule has 3 nitrogen and oxygen atoms in total. The average Bonchev–Trinajstić information content (AvgIpc) is 2.29. The Morgan fingerprint density at radius 3 is 2.62 bits per heavy atom. The molecule has 1 N–H and O–H groups in total. The molecule has 0 spiro atoms. The Balaban J connectivity index is 2.37. The molecule has 0 bridgehead atoms. The summed E-state index contributed by atoms with van der Waals surface area (Å²) in [4.78, 5) is 2.35. The molecule has 4 heteroatoms. The zero-order valence-electron chi connectivity index (χ0n) is 9.72. The van der Waals surface area contributed by atoms with Crippen LogP contribution in [0.15, 0.2) is 12.1 Å². The fourth-order valence-electron chi connectivity index (χ4n) is 2.15. The number of nitrogens with zero attached hydrogens (tertiary/aromatic N) is 1. The Kier molecular flexibility index (Phi) is 3.56. The van der Waals surface area contributed by atoms with Crippen molar-refractivity contribution in [1.82, 2.24) is 5.32 Å². The number of methoxy groups -OCH3 is 1. The first-order chi connectivity index (χ1) is 7.72. The van der Waals surface area contributed by atoms with E-state index in [0.29, 0.717) is 0 Å². The summed E-state index contributed by atoms with van der Waals surface area (Å²) in [5.74, 6) is 0.868. The van der Waals surface area contributed by atoms with E-state index in [1.54, 1.807) is 7.11 Å². The van der Waals surface area contributed by atoms with Crippen molar-refractivity contribution in [2.75, 3.05) is 38.2 Å². The highest BCUT2D eigenvalue weighted by atomic mass is 35.5. The quantitative estimate of drug-likeness (QED) is 0.857. The maximum Gasteiger partial charge on any atom is 0.143 e. The van der Waals surface area contributed by atoms with Gasteiger partial charge in [-0.2, -0.15) is 0 Å². The molecular formula is C12H17ClN2O.